The minimum Gasteiger partial charge on any atom is -0.383 e. The van der Waals surface area contributed by atoms with Crippen LogP contribution >= 0.6 is 0 Å². The molecule has 1 unspecified atom stereocenters. The van der Waals surface area contributed by atoms with Crippen LogP contribution in [0.4, 0.5) is 0 Å². The van der Waals surface area contributed by atoms with Crippen molar-refractivity contribution >= 4 is 0 Å². The summed E-state index contributed by atoms with van der Waals surface area (Å²) < 4.78 is 11.5. The van der Waals surface area contributed by atoms with Crippen LogP contribution in [0.25, 0.3) is 0 Å². The highest BCUT2D eigenvalue weighted by Gasteiger charge is 2.48. The second kappa shape index (κ2) is 7.61. The van der Waals surface area contributed by atoms with E-state index in [9.17, 15) is 0 Å². The Kier molecular flexibility index (Phi) is 5.47. The van der Waals surface area contributed by atoms with Crippen LogP contribution in [0.15, 0.2) is 0 Å². The maximum atomic E-state index is 6.16. The molecule has 0 aromatic heterocycles. The van der Waals surface area contributed by atoms with Gasteiger partial charge >= 0.3 is 0 Å². The van der Waals surface area contributed by atoms with Crippen molar-refractivity contribution in [2.24, 2.45) is 17.3 Å². The lowest BCUT2D eigenvalue weighted by molar-refractivity contribution is -0.00250. The van der Waals surface area contributed by atoms with E-state index < -0.39 is 0 Å². The molecular formula is C20H36N2O2. The smallest absolute Gasteiger partial charge is 0.0589 e. The normalized spacial score (nSPS) is 31.6. The maximum absolute atomic E-state index is 6.16. The number of ether oxygens (including phenoxy) is 2. The van der Waals surface area contributed by atoms with Crippen LogP contribution in [0, 0.1) is 17.3 Å². The Bertz CT molecular complexity index is 400. The fourth-order valence-electron chi connectivity index (χ4n) is 5.08. The Hall–Kier alpha value is -0.160. The van der Waals surface area contributed by atoms with Crippen molar-refractivity contribution in [3.05, 3.63) is 0 Å². The van der Waals surface area contributed by atoms with Crippen LogP contribution in [0.1, 0.15) is 44.9 Å². The topological polar surface area (TPSA) is 24.9 Å². The zero-order valence-electron chi connectivity index (χ0n) is 15.5. The summed E-state index contributed by atoms with van der Waals surface area (Å²) in [5.74, 6) is 1.61. The third-order valence-corrected chi connectivity index (χ3v) is 7.25. The van der Waals surface area contributed by atoms with Gasteiger partial charge in [0.05, 0.1) is 13.2 Å². The van der Waals surface area contributed by atoms with E-state index in [4.69, 9.17) is 9.47 Å². The van der Waals surface area contributed by atoms with Gasteiger partial charge in [0, 0.05) is 45.3 Å². The molecule has 1 spiro atoms. The van der Waals surface area contributed by atoms with Crippen LogP contribution in [0.3, 0.4) is 0 Å². The van der Waals surface area contributed by atoms with Crippen LogP contribution < -0.4 is 0 Å². The molecule has 0 aromatic rings. The monoisotopic (exact) mass is 336 g/mol. The second-order valence-electron chi connectivity index (χ2n) is 8.89. The molecule has 0 radical (unpaired) electrons. The van der Waals surface area contributed by atoms with E-state index in [1.54, 1.807) is 0 Å². The number of methoxy groups -OCH3 is 1. The zero-order valence-corrected chi connectivity index (χ0v) is 15.5. The molecule has 2 aliphatic heterocycles. The molecule has 138 valence electrons. The molecule has 4 heteroatoms. The quantitative estimate of drug-likeness (QED) is 0.680. The Labute approximate surface area is 147 Å². The van der Waals surface area contributed by atoms with Gasteiger partial charge in [0.25, 0.3) is 0 Å². The highest BCUT2D eigenvalue weighted by atomic mass is 16.5. The van der Waals surface area contributed by atoms with Crippen molar-refractivity contribution in [3.63, 3.8) is 0 Å². The van der Waals surface area contributed by atoms with E-state index in [-0.39, 0.29) is 0 Å². The predicted molar refractivity (Wildman–Crippen MR) is 96.2 cm³/mol. The molecule has 2 saturated carbocycles. The van der Waals surface area contributed by atoms with E-state index in [1.807, 2.05) is 7.11 Å². The van der Waals surface area contributed by atoms with Crippen molar-refractivity contribution in [3.8, 4) is 0 Å². The van der Waals surface area contributed by atoms with Gasteiger partial charge in [-0.15, -0.1) is 0 Å². The first-order chi connectivity index (χ1) is 11.8. The van der Waals surface area contributed by atoms with Crippen LogP contribution in [-0.2, 0) is 9.47 Å². The molecule has 2 saturated heterocycles. The number of nitrogens with zero attached hydrogens (tertiary/aromatic N) is 2. The first-order valence-electron chi connectivity index (χ1n) is 10.3. The van der Waals surface area contributed by atoms with E-state index in [1.165, 1.54) is 71.1 Å². The lowest BCUT2D eigenvalue weighted by Gasteiger charge is -2.47. The van der Waals surface area contributed by atoms with Crippen LogP contribution in [0.5, 0.6) is 0 Å². The number of hydrogen-bond donors (Lipinski definition) is 0. The Balaban J connectivity index is 1.33. The van der Waals surface area contributed by atoms with E-state index in [0.717, 1.165) is 44.2 Å². The minimum absolute atomic E-state index is 0.511. The van der Waals surface area contributed by atoms with Gasteiger partial charge in [-0.05, 0) is 62.9 Å². The highest BCUT2D eigenvalue weighted by Crippen LogP contribution is 2.46. The Morgan fingerprint density at radius 2 is 1.83 bits per heavy atom. The van der Waals surface area contributed by atoms with Gasteiger partial charge in [0.1, 0.15) is 0 Å². The molecule has 2 aliphatic carbocycles. The van der Waals surface area contributed by atoms with Crippen molar-refractivity contribution in [2.45, 2.75) is 51.0 Å². The SMILES string of the molecule is COCCN1CC(COCC2CC2)C2(CCN(C3CCC3)CC2)C1. The van der Waals surface area contributed by atoms with Gasteiger partial charge in [0.2, 0.25) is 0 Å². The summed E-state index contributed by atoms with van der Waals surface area (Å²) in [7, 11) is 1.82. The summed E-state index contributed by atoms with van der Waals surface area (Å²) in [4.78, 5) is 5.43. The van der Waals surface area contributed by atoms with Gasteiger partial charge < -0.3 is 19.3 Å². The Morgan fingerprint density at radius 3 is 2.46 bits per heavy atom. The average molecular weight is 337 g/mol. The molecule has 0 aromatic carbocycles. The standard InChI is InChI=1S/C20H36N2O2/c1-23-12-11-21-13-18(15-24-14-17-5-6-17)20(16-21)7-9-22(10-8-20)19-3-2-4-19/h17-19H,2-16H2,1H3. The number of piperidine rings is 1. The molecule has 0 amide bonds. The summed E-state index contributed by atoms with van der Waals surface area (Å²) in [6.07, 6.45) is 9.89. The first-order valence-corrected chi connectivity index (χ1v) is 10.3. The van der Waals surface area contributed by atoms with E-state index in [0.29, 0.717) is 5.41 Å². The molecule has 4 rings (SSSR count). The number of likely N-dealkylation sites (tertiary alicyclic amines) is 2. The first kappa shape index (κ1) is 17.3. The van der Waals surface area contributed by atoms with Crippen LogP contribution in [-0.4, -0.2) is 75.5 Å². The summed E-state index contributed by atoms with van der Waals surface area (Å²) in [5.41, 5.74) is 0.511. The third-order valence-electron chi connectivity index (χ3n) is 7.25. The van der Waals surface area contributed by atoms with Gasteiger partial charge in [-0.3, -0.25) is 0 Å². The largest absolute Gasteiger partial charge is 0.383 e. The maximum Gasteiger partial charge on any atom is 0.0589 e. The molecular weight excluding hydrogens is 300 g/mol. The number of rotatable bonds is 8. The highest BCUT2D eigenvalue weighted by molar-refractivity contribution is 5.00. The molecule has 4 nitrogen and oxygen atoms in total. The molecule has 1 atom stereocenters. The van der Waals surface area contributed by atoms with Crippen molar-refractivity contribution in [1.29, 1.82) is 0 Å². The number of hydrogen-bond acceptors (Lipinski definition) is 4. The minimum atomic E-state index is 0.511. The molecule has 0 bridgehead atoms. The fourth-order valence-corrected chi connectivity index (χ4v) is 5.08. The predicted octanol–water partition coefficient (Wildman–Crippen LogP) is 2.63. The molecule has 4 fully saturated rings. The van der Waals surface area contributed by atoms with Gasteiger partial charge in [0.15, 0.2) is 0 Å². The van der Waals surface area contributed by atoms with Crippen molar-refractivity contribution in [2.75, 3.05) is 59.7 Å². The summed E-state index contributed by atoms with van der Waals surface area (Å²) in [5, 5.41) is 0. The Morgan fingerprint density at radius 1 is 1.04 bits per heavy atom. The summed E-state index contributed by atoms with van der Waals surface area (Å²) in [6, 6.07) is 0.915. The molecule has 24 heavy (non-hydrogen) atoms. The van der Waals surface area contributed by atoms with Crippen LogP contribution in [0.2, 0.25) is 0 Å². The van der Waals surface area contributed by atoms with E-state index >= 15 is 0 Å². The third kappa shape index (κ3) is 3.82. The molecule has 4 aliphatic rings. The van der Waals surface area contributed by atoms with Gasteiger partial charge in [-0.1, -0.05) is 6.42 Å². The van der Waals surface area contributed by atoms with Gasteiger partial charge in [-0.25, -0.2) is 0 Å². The second-order valence-corrected chi connectivity index (χ2v) is 8.89. The van der Waals surface area contributed by atoms with Crippen molar-refractivity contribution in [1.82, 2.24) is 9.80 Å². The molecule has 2 heterocycles. The summed E-state index contributed by atoms with van der Waals surface area (Å²) >= 11 is 0. The van der Waals surface area contributed by atoms with E-state index in [2.05, 4.69) is 9.80 Å². The lowest BCUT2D eigenvalue weighted by atomic mass is 9.70. The van der Waals surface area contributed by atoms with Gasteiger partial charge in [-0.2, -0.15) is 0 Å². The average Bonchev–Trinajstić information content (AvgIpc) is 3.30. The molecule has 0 N–H and O–H groups in total. The lowest BCUT2D eigenvalue weighted by Crippen LogP contribution is -2.50. The zero-order chi connectivity index (χ0) is 16.4. The van der Waals surface area contributed by atoms with Crippen molar-refractivity contribution < 1.29 is 9.47 Å². The fraction of sp³-hybridized carbons (Fsp3) is 1.00. The summed E-state index contributed by atoms with van der Waals surface area (Å²) in [6.45, 7) is 9.08.